The van der Waals surface area contributed by atoms with E-state index in [1.807, 2.05) is 24.3 Å². The fourth-order valence-corrected chi connectivity index (χ4v) is 3.52. The molecule has 2 N–H and O–H groups in total. The van der Waals surface area contributed by atoms with Crippen LogP contribution in [0.4, 0.5) is 4.79 Å². The number of benzene rings is 1. The third kappa shape index (κ3) is 5.31. The average Bonchev–Trinajstić information content (AvgIpc) is 2.87. The first kappa shape index (κ1) is 20.8. The molecule has 0 unspecified atom stereocenters. The van der Waals surface area contributed by atoms with Crippen LogP contribution in [-0.2, 0) is 22.4 Å². The molecule has 0 bridgehead atoms. The van der Waals surface area contributed by atoms with E-state index in [9.17, 15) is 14.4 Å². The van der Waals surface area contributed by atoms with E-state index in [-0.39, 0.29) is 0 Å². The minimum Gasteiger partial charge on any atom is -0.452 e. The van der Waals surface area contributed by atoms with Gasteiger partial charge in [0.05, 0.1) is 11.1 Å². The number of amides is 3. The van der Waals surface area contributed by atoms with Gasteiger partial charge in [-0.05, 0) is 58.1 Å². The van der Waals surface area contributed by atoms with Crippen molar-refractivity contribution >= 4 is 28.8 Å². The molecule has 1 heterocycles. The van der Waals surface area contributed by atoms with Crippen LogP contribution in [-0.4, -0.2) is 35.0 Å². The Bertz CT molecular complexity index is 947. The number of pyridine rings is 1. The molecule has 0 radical (unpaired) electrons. The van der Waals surface area contributed by atoms with Crippen LogP contribution in [0.3, 0.4) is 0 Å². The molecule has 3 rings (SSSR count). The molecule has 0 spiro atoms. The normalized spacial score (nSPS) is 13.9. The molecule has 3 amide bonds. The summed E-state index contributed by atoms with van der Waals surface area (Å²) in [4.78, 5) is 41.5. The molecule has 29 heavy (non-hydrogen) atoms. The van der Waals surface area contributed by atoms with E-state index >= 15 is 0 Å². The van der Waals surface area contributed by atoms with Gasteiger partial charge in [-0.1, -0.05) is 24.6 Å². The number of hydrogen-bond donors (Lipinski definition) is 2. The largest absolute Gasteiger partial charge is 0.452 e. The predicted molar refractivity (Wildman–Crippen MR) is 110 cm³/mol. The number of nitrogens with one attached hydrogen (secondary N) is 2. The summed E-state index contributed by atoms with van der Waals surface area (Å²) in [6.45, 7) is 4.88. The maximum absolute atomic E-state index is 12.9. The first-order valence-electron chi connectivity index (χ1n) is 9.94. The second-order valence-electron chi connectivity index (χ2n) is 8.32. The summed E-state index contributed by atoms with van der Waals surface area (Å²) in [6.07, 6.45) is 4.71. The molecule has 7 nitrogen and oxygen atoms in total. The first-order valence-corrected chi connectivity index (χ1v) is 9.94. The Labute approximate surface area is 170 Å². The number of nitrogens with zero attached hydrogens (tertiary/aromatic N) is 1. The number of ether oxygens (including phenoxy) is 1. The zero-order valence-electron chi connectivity index (χ0n) is 17.1. The Kier molecular flexibility index (Phi) is 6.15. The molecule has 1 aromatic carbocycles. The number of rotatable bonds is 3. The lowest BCUT2D eigenvalue weighted by Crippen LogP contribution is -2.49. The number of esters is 1. The van der Waals surface area contributed by atoms with Crippen LogP contribution in [0.15, 0.2) is 24.3 Å². The molecule has 0 saturated heterocycles. The van der Waals surface area contributed by atoms with Crippen molar-refractivity contribution in [3.05, 3.63) is 41.1 Å². The van der Waals surface area contributed by atoms with Gasteiger partial charge in [0.2, 0.25) is 0 Å². The average molecular weight is 397 g/mol. The molecular weight excluding hydrogens is 370 g/mol. The summed E-state index contributed by atoms with van der Waals surface area (Å²) in [5.74, 6) is -1.24. The third-order valence-corrected chi connectivity index (χ3v) is 4.70. The quantitative estimate of drug-likeness (QED) is 0.612. The van der Waals surface area contributed by atoms with Gasteiger partial charge in [0.25, 0.3) is 5.91 Å². The van der Waals surface area contributed by atoms with E-state index in [4.69, 9.17) is 9.72 Å². The van der Waals surface area contributed by atoms with Gasteiger partial charge in [-0.25, -0.2) is 9.59 Å². The third-order valence-electron chi connectivity index (χ3n) is 4.70. The number of carbonyl (C=O) groups excluding carboxylic acids is 3. The molecule has 154 valence electrons. The number of para-hydroxylation sites is 1. The zero-order chi connectivity index (χ0) is 21.0. The molecule has 0 fully saturated rings. The van der Waals surface area contributed by atoms with Crippen LogP contribution >= 0.6 is 0 Å². The van der Waals surface area contributed by atoms with Gasteiger partial charge in [-0.15, -0.1) is 0 Å². The van der Waals surface area contributed by atoms with Crippen LogP contribution in [0.5, 0.6) is 0 Å². The fraction of sp³-hybridized carbons (Fsp3) is 0.455. The summed E-state index contributed by atoms with van der Waals surface area (Å²) in [5, 5.41) is 5.52. The van der Waals surface area contributed by atoms with Gasteiger partial charge >= 0.3 is 12.0 Å². The molecule has 1 aromatic heterocycles. The van der Waals surface area contributed by atoms with E-state index in [2.05, 4.69) is 10.6 Å². The Morgan fingerprint density at radius 1 is 1.07 bits per heavy atom. The maximum Gasteiger partial charge on any atom is 0.339 e. The van der Waals surface area contributed by atoms with E-state index < -0.39 is 30.1 Å². The minimum absolute atomic E-state index is 0.478. The van der Waals surface area contributed by atoms with Crippen molar-refractivity contribution in [3.8, 4) is 0 Å². The monoisotopic (exact) mass is 397 g/mol. The van der Waals surface area contributed by atoms with Gasteiger partial charge in [-0.3, -0.25) is 15.1 Å². The summed E-state index contributed by atoms with van der Waals surface area (Å²) in [5.41, 5.74) is 2.60. The highest BCUT2D eigenvalue weighted by Crippen LogP contribution is 2.29. The van der Waals surface area contributed by atoms with Gasteiger partial charge in [0, 0.05) is 16.6 Å². The SMILES string of the molecule is CC(C)(C)NC(=O)NC(=O)COC(=O)c1c2c(nc3ccccc13)CCCCC2. The summed E-state index contributed by atoms with van der Waals surface area (Å²) in [7, 11) is 0. The molecule has 0 atom stereocenters. The van der Waals surface area contributed by atoms with Crippen molar-refractivity contribution in [2.75, 3.05) is 6.61 Å². The van der Waals surface area contributed by atoms with Crippen molar-refractivity contribution in [1.29, 1.82) is 0 Å². The number of urea groups is 1. The highest BCUT2D eigenvalue weighted by molar-refractivity contribution is 6.06. The lowest BCUT2D eigenvalue weighted by atomic mass is 9.97. The van der Waals surface area contributed by atoms with Gasteiger partial charge < -0.3 is 10.1 Å². The van der Waals surface area contributed by atoms with Gasteiger partial charge in [-0.2, -0.15) is 0 Å². The van der Waals surface area contributed by atoms with Gasteiger partial charge in [0.15, 0.2) is 6.61 Å². The predicted octanol–water partition coefficient (Wildman–Crippen LogP) is 3.28. The first-order chi connectivity index (χ1) is 13.7. The summed E-state index contributed by atoms with van der Waals surface area (Å²) < 4.78 is 5.28. The van der Waals surface area contributed by atoms with E-state index in [1.165, 1.54) is 0 Å². The zero-order valence-corrected chi connectivity index (χ0v) is 17.1. The Balaban J connectivity index is 1.78. The molecule has 7 heteroatoms. The maximum atomic E-state index is 12.9. The number of aryl methyl sites for hydroxylation is 1. The molecule has 0 aliphatic heterocycles. The van der Waals surface area contributed by atoms with Crippen LogP contribution in [0.1, 0.15) is 61.6 Å². The molecule has 1 aliphatic rings. The van der Waals surface area contributed by atoms with Crippen LogP contribution in [0.2, 0.25) is 0 Å². The van der Waals surface area contributed by atoms with E-state index in [0.29, 0.717) is 5.56 Å². The number of aromatic nitrogens is 1. The van der Waals surface area contributed by atoms with Crippen molar-refractivity contribution in [1.82, 2.24) is 15.6 Å². The Hall–Kier alpha value is -2.96. The van der Waals surface area contributed by atoms with Gasteiger partial charge in [0.1, 0.15) is 0 Å². The summed E-state index contributed by atoms with van der Waals surface area (Å²) >= 11 is 0. The van der Waals surface area contributed by atoms with Crippen LogP contribution in [0, 0.1) is 0 Å². The number of hydrogen-bond acceptors (Lipinski definition) is 5. The van der Waals surface area contributed by atoms with E-state index in [1.54, 1.807) is 20.8 Å². The number of fused-ring (bicyclic) bond motifs is 2. The second-order valence-corrected chi connectivity index (χ2v) is 8.32. The lowest BCUT2D eigenvalue weighted by Gasteiger charge is -2.20. The van der Waals surface area contributed by atoms with Crippen molar-refractivity contribution in [2.24, 2.45) is 0 Å². The number of carbonyl (C=O) groups is 3. The smallest absolute Gasteiger partial charge is 0.339 e. The molecule has 0 saturated carbocycles. The molecule has 2 aromatic rings. The topological polar surface area (TPSA) is 97.4 Å². The van der Waals surface area contributed by atoms with Crippen molar-refractivity contribution < 1.29 is 19.1 Å². The number of imide groups is 1. The highest BCUT2D eigenvalue weighted by Gasteiger charge is 2.24. The Morgan fingerprint density at radius 3 is 2.55 bits per heavy atom. The molecule has 1 aliphatic carbocycles. The van der Waals surface area contributed by atoms with Crippen molar-refractivity contribution in [3.63, 3.8) is 0 Å². The standard InChI is InChI=1S/C22H27N3O4/c1-22(2,3)25-21(28)24-18(26)13-29-20(27)19-14-9-5-4-6-11-16(14)23-17-12-8-7-10-15(17)19/h7-8,10,12H,4-6,9,11,13H2,1-3H3,(H2,24,25,26,28). The van der Waals surface area contributed by atoms with E-state index in [0.717, 1.165) is 54.3 Å². The summed E-state index contributed by atoms with van der Waals surface area (Å²) in [6, 6.07) is 6.84. The minimum atomic E-state index is -0.676. The molecular formula is C22H27N3O4. The second kappa shape index (κ2) is 8.59. The lowest BCUT2D eigenvalue weighted by molar-refractivity contribution is -0.123. The van der Waals surface area contributed by atoms with Crippen molar-refractivity contribution in [2.45, 2.75) is 58.4 Å². The fourth-order valence-electron chi connectivity index (χ4n) is 3.52. The van der Waals surface area contributed by atoms with Crippen LogP contribution < -0.4 is 10.6 Å². The Morgan fingerprint density at radius 2 is 1.79 bits per heavy atom. The van der Waals surface area contributed by atoms with Crippen LogP contribution in [0.25, 0.3) is 10.9 Å². The highest BCUT2D eigenvalue weighted by atomic mass is 16.5.